The third-order valence-corrected chi connectivity index (χ3v) is 12.5. The maximum atomic E-state index is 12.9. The number of rotatable bonds is 10. The molecule has 326 valence electrons. The van der Waals surface area contributed by atoms with E-state index in [1.165, 1.54) is 0 Å². The van der Waals surface area contributed by atoms with Crippen LogP contribution in [0.1, 0.15) is 80.6 Å². The van der Waals surface area contributed by atoms with Gasteiger partial charge in [0.15, 0.2) is 5.82 Å². The zero-order chi connectivity index (χ0) is 43.8. The molecule has 1 atom stereocenters. The molecule has 0 aliphatic carbocycles. The van der Waals surface area contributed by atoms with Crippen molar-refractivity contribution in [2.24, 2.45) is 5.92 Å². The number of aryl methyl sites for hydroxylation is 1. The molecule has 3 saturated heterocycles. The molecule has 0 radical (unpaired) electrons. The van der Waals surface area contributed by atoms with Gasteiger partial charge in [-0.15, -0.1) is 0 Å². The monoisotopic (exact) mass is 850 g/mol. The summed E-state index contributed by atoms with van der Waals surface area (Å²) < 4.78 is 5.25. The van der Waals surface area contributed by atoms with Crippen LogP contribution in [-0.4, -0.2) is 105 Å². The van der Waals surface area contributed by atoms with E-state index in [2.05, 4.69) is 86.8 Å². The van der Waals surface area contributed by atoms with Crippen molar-refractivity contribution in [3.63, 3.8) is 0 Å². The second-order valence-electron chi connectivity index (χ2n) is 18.0. The van der Waals surface area contributed by atoms with Crippen LogP contribution in [0.2, 0.25) is 0 Å². The molecule has 3 aliphatic rings. The Morgan fingerprint density at radius 2 is 1.60 bits per heavy atom. The van der Waals surface area contributed by atoms with Crippen LogP contribution in [0.15, 0.2) is 77.7 Å². The van der Waals surface area contributed by atoms with E-state index in [1.54, 1.807) is 11.2 Å². The van der Waals surface area contributed by atoms with E-state index in [4.69, 9.17) is 9.51 Å². The molecular weight excluding hydrogens is 797 g/mol. The molecule has 3 aliphatic heterocycles. The highest BCUT2D eigenvalue weighted by atomic mass is 16.5. The average molecular weight is 851 g/mol. The predicted molar refractivity (Wildman–Crippen MR) is 242 cm³/mol. The predicted octanol–water partition coefficient (Wildman–Crippen LogP) is 6.65. The number of urea groups is 1. The average Bonchev–Trinajstić information content (AvgIpc) is 3.97. The molecule has 16 heteroatoms. The first-order chi connectivity index (χ1) is 30.4. The van der Waals surface area contributed by atoms with E-state index in [1.807, 2.05) is 65.1 Å². The molecule has 4 amide bonds. The van der Waals surface area contributed by atoms with Gasteiger partial charge in [0.05, 0.1) is 35.0 Å². The van der Waals surface area contributed by atoms with Crippen molar-refractivity contribution in [1.82, 2.24) is 45.6 Å². The van der Waals surface area contributed by atoms with Gasteiger partial charge in [-0.2, -0.15) is 4.98 Å². The highest BCUT2D eigenvalue weighted by Gasteiger charge is 2.28. The van der Waals surface area contributed by atoms with Crippen LogP contribution in [0, 0.1) is 12.8 Å². The number of benzene rings is 2. The number of imide groups is 1. The number of anilines is 3. The Morgan fingerprint density at radius 3 is 2.29 bits per heavy atom. The van der Waals surface area contributed by atoms with Crippen LogP contribution in [0.4, 0.5) is 21.9 Å². The number of fused-ring (bicyclic) bond motifs is 1. The Bertz CT molecular complexity index is 2620. The van der Waals surface area contributed by atoms with Crippen LogP contribution in [0.3, 0.4) is 0 Å². The number of pyridine rings is 1. The lowest BCUT2D eigenvalue weighted by atomic mass is 9.95. The molecule has 6 aromatic rings. The molecule has 3 fully saturated rings. The Kier molecular flexibility index (Phi) is 11.4. The molecule has 9 rings (SSSR count). The number of aromatic nitrogens is 6. The summed E-state index contributed by atoms with van der Waals surface area (Å²) in [4.78, 5) is 67.7. The number of H-pyrrole nitrogens is 1. The van der Waals surface area contributed by atoms with Gasteiger partial charge in [0.1, 0.15) is 12.0 Å². The lowest BCUT2D eigenvalue weighted by molar-refractivity contribution is -0.120. The summed E-state index contributed by atoms with van der Waals surface area (Å²) in [6, 6.07) is 19.9. The van der Waals surface area contributed by atoms with Crippen molar-refractivity contribution < 1.29 is 18.9 Å². The van der Waals surface area contributed by atoms with Gasteiger partial charge in [0.2, 0.25) is 5.91 Å². The van der Waals surface area contributed by atoms with Crippen LogP contribution in [0.5, 0.6) is 0 Å². The fourth-order valence-electron chi connectivity index (χ4n) is 8.89. The van der Waals surface area contributed by atoms with Crippen molar-refractivity contribution in [1.29, 1.82) is 0 Å². The first kappa shape index (κ1) is 41.7. The molecule has 0 bridgehead atoms. The van der Waals surface area contributed by atoms with E-state index < -0.39 is 5.91 Å². The fourth-order valence-corrected chi connectivity index (χ4v) is 8.89. The van der Waals surface area contributed by atoms with E-state index in [0.717, 1.165) is 121 Å². The summed E-state index contributed by atoms with van der Waals surface area (Å²) in [5.74, 6) is 0.466. The van der Waals surface area contributed by atoms with Crippen LogP contribution < -0.4 is 25.3 Å². The number of hydrogen-bond donors (Lipinski definition) is 3. The summed E-state index contributed by atoms with van der Waals surface area (Å²) >= 11 is 0. The molecule has 1 unspecified atom stereocenters. The molecule has 0 saturated carbocycles. The van der Waals surface area contributed by atoms with Gasteiger partial charge in [-0.1, -0.05) is 38.1 Å². The normalized spacial score (nSPS) is 17.3. The van der Waals surface area contributed by atoms with Gasteiger partial charge in [-0.3, -0.25) is 29.7 Å². The van der Waals surface area contributed by atoms with Gasteiger partial charge >= 0.3 is 17.8 Å². The smallest absolute Gasteiger partial charge is 0.328 e. The Labute approximate surface area is 366 Å². The molecule has 16 nitrogen and oxygen atoms in total. The van der Waals surface area contributed by atoms with E-state index in [0.29, 0.717) is 24.7 Å². The third-order valence-electron chi connectivity index (χ3n) is 12.5. The maximum Gasteiger partial charge on any atom is 0.328 e. The van der Waals surface area contributed by atoms with Gasteiger partial charge < -0.3 is 24.6 Å². The second-order valence-corrected chi connectivity index (χ2v) is 18.0. The number of amides is 4. The first-order valence-corrected chi connectivity index (χ1v) is 21.9. The quantitative estimate of drug-likeness (QED) is 0.134. The fraction of sp³-hybridized carbons (Fsp3) is 0.404. The summed E-state index contributed by atoms with van der Waals surface area (Å²) in [7, 11) is 0. The zero-order valence-corrected chi connectivity index (χ0v) is 36.5. The second kappa shape index (κ2) is 17.2. The molecule has 2 aromatic carbocycles. The van der Waals surface area contributed by atoms with E-state index >= 15 is 0 Å². The Hall–Kier alpha value is -6.68. The number of nitrogens with one attached hydrogen (secondary N) is 3. The summed E-state index contributed by atoms with van der Waals surface area (Å²) in [5, 5.41) is 10.3. The zero-order valence-electron chi connectivity index (χ0n) is 36.5. The molecule has 0 spiro atoms. The number of carbonyl (C=O) groups excluding carboxylic acids is 3. The standard InChI is InChI=1S/C47H54N12O4/c1-29-24-32(6-12-36(29)30(2)51-43(61)44-54-45(55-63-44)47(3,4)5)41-37-25-39(52-42(37)50-28-49-41)38-13-11-35(26-48-38)57-17-14-31(15-18-57)27-56-20-22-58(23-21-56)33-7-9-34(10-8-33)59-19-16-40(60)53-46(59)62/h6-13,24-26,28,30-31H,14-23,27H2,1-5H3,(H,51,61)(H,49,50,52)(H,53,60,62). The van der Waals surface area contributed by atoms with Gasteiger partial charge in [-0.25, -0.2) is 14.8 Å². The molecule has 7 heterocycles. The lowest BCUT2D eigenvalue weighted by Gasteiger charge is -2.40. The van der Waals surface area contributed by atoms with Crippen molar-refractivity contribution in [2.45, 2.75) is 65.3 Å². The number of nitrogens with zero attached hydrogens (tertiary/aromatic N) is 9. The minimum absolute atomic E-state index is 0.0503. The van der Waals surface area contributed by atoms with Crippen molar-refractivity contribution >= 4 is 45.9 Å². The lowest BCUT2D eigenvalue weighted by Crippen LogP contribution is -2.49. The topological polar surface area (TPSA) is 182 Å². The van der Waals surface area contributed by atoms with Gasteiger partial charge in [0, 0.05) is 86.5 Å². The number of aromatic amines is 1. The third kappa shape index (κ3) is 8.98. The van der Waals surface area contributed by atoms with E-state index in [9.17, 15) is 14.4 Å². The molecule has 4 aromatic heterocycles. The number of hydrogen-bond acceptors (Lipinski definition) is 12. The summed E-state index contributed by atoms with van der Waals surface area (Å²) in [6.07, 6.45) is 6.17. The van der Waals surface area contributed by atoms with Crippen LogP contribution in [0.25, 0.3) is 33.7 Å². The van der Waals surface area contributed by atoms with Crippen LogP contribution in [-0.2, 0) is 10.2 Å². The molecular formula is C47H54N12O4. The minimum atomic E-state index is -0.412. The maximum absolute atomic E-state index is 12.9. The summed E-state index contributed by atoms with van der Waals surface area (Å²) in [6.45, 7) is 17.4. The first-order valence-electron chi connectivity index (χ1n) is 21.9. The van der Waals surface area contributed by atoms with Gasteiger partial charge in [0.25, 0.3) is 0 Å². The minimum Gasteiger partial charge on any atom is -0.370 e. The number of carbonyl (C=O) groups is 3. The van der Waals surface area contributed by atoms with Gasteiger partial charge in [-0.05, 0) is 92.3 Å². The van der Waals surface area contributed by atoms with Crippen molar-refractivity contribution in [3.8, 4) is 22.6 Å². The highest BCUT2D eigenvalue weighted by molar-refractivity contribution is 6.05. The summed E-state index contributed by atoms with van der Waals surface area (Å²) in [5.41, 5.74) is 8.97. The van der Waals surface area contributed by atoms with Crippen molar-refractivity contribution in [2.75, 3.05) is 67.1 Å². The van der Waals surface area contributed by atoms with Crippen LogP contribution >= 0.6 is 0 Å². The SMILES string of the molecule is Cc1cc(-c2ncnc3[nH]c(-c4ccc(N5CCC(CN6CCN(c7ccc(N8CCC(=O)NC8=O)cc7)CC6)CC5)cn4)cc23)ccc1C(C)NC(=O)c1nc(C(C)(C)C)no1. The van der Waals surface area contributed by atoms with Crippen molar-refractivity contribution in [3.05, 3.63) is 96.0 Å². The largest absolute Gasteiger partial charge is 0.370 e. The molecule has 3 N–H and O–H groups in total. The number of piperidine rings is 1. The Balaban J connectivity index is 0.768. The number of piperazine rings is 1. The molecule has 63 heavy (non-hydrogen) atoms. The van der Waals surface area contributed by atoms with E-state index in [-0.39, 0.29) is 29.3 Å². The highest BCUT2D eigenvalue weighted by Crippen LogP contribution is 2.33. The Morgan fingerprint density at radius 1 is 0.873 bits per heavy atom.